The molecule has 0 spiro atoms. The van der Waals surface area contributed by atoms with E-state index < -0.39 is 5.82 Å². The van der Waals surface area contributed by atoms with Gasteiger partial charge in [-0.05, 0) is 35.9 Å². The van der Waals surface area contributed by atoms with Gasteiger partial charge < -0.3 is 10.1 Å². The van der Waals surface area contributed by atoms with Gasteiger partial charge in [-0.15, -0.1) is 0 Å². The van der Waals surface area contributed by atoms with Crippen LogP contribution in [-0.2, 0) is 6.54 Å². The standard InChI is InChI=1S/C15H13ClFNO2/c1-20-12-4-2-3-10(7-12)9-18-15(19)13-6-5-11(17)8-14(13)16/h2-8H,9H2,1H3,(H,18,19). The number of carbonyl (C=O) groups is 1. The zero-order valence-electron chi connectivity index (χ0n) is 10.8. The first-order valence-electron chi connectivity index (χ1n) is 5.96. The predicted molar refractivity (Wildman–Crippen MR) is 75.6 cm³/mol. The van der Waals surface area contributed by atoms with Crippen molar-refractivity contribution in [1.82, 2.24) is 5.32 Å². The van der Waals surface area contributed by atoms with Gasteiger partial charge in [0.25, 0.3) is 5.91 Å². The lowest BCUT2D eigenvalue weighted by Gasteiger charge is -2.08. The third-order valence-electron chi connectivity index (χ3n) is 2.76. The minimum Gasteiger partial charge on any atom is -0.497 e. The van der Waals surface area contributed by atoms with Gasteiger partial charge in [-0.1, -0.05) is 23.7 Å². The normalized spacial score (nSPS) is 10.2. The second kappa shape index (κ2) is 6.39. The molecule has 0 unspecified atom stereocenters. The highest BCUT2D eigenvalue weighted by atomic mass is 35.5. The van der Waals surface area contributed by atoms with Gasteiger partial charge in [0.05, 0.1) is 17.7 Å². The van der Waals surface area contributed by atoms with E-state index in [0.29, 0.717) is 6.54 Å². The van der Waals surface area contributed by atoms with E-state index in [1.807, 2.05) is 24.3 Å². The van der Waals surface area contributed by atoms with Crippen LogP contribution in [0.15, 0.2) is 42.5 Å². The fourth-order valence-corrected chi connectivity index (χ4v) is 1.99. The van der Waals surface area contributed by atoms with Crippen LogP contribution in [0.25, 0.3) is 0 Å². The molecule has 0 heterocycles. The fraction of sp³-hybridized carbons (Fsp3) is 0.133. The van der Waals surface area contributed by atoms with E-state index in [4.69, 9.17) is 16.3 Å². The molecule has 2 aromatic carbocycles. The lowest BCUT2D eigenvalue weighted by molar-refractivity contribution is 0.0951. The maximum atomic E-state index is 12.9. The van der Waals surface area contributed by atoms with Crippen molar-refractivity contribution in [3.05, 3.63) is 64.4 Å². The van der Waals surface area contributed by atoms with Gasteiger partial charge in [0, 0.05) is 6.54 Å². The quantitative estimate of drug-likeness (QED) is 0.938. The van der Waals surface area contributed by atoms with Crippen LogP contribution in [-0.4, -0.2) is 13.0 Å². The lowest BCUT2D eigenvalue weighted by Crippen LogP contribution is -2.23. The molecule has 2 rings (SSSR count). The molecule has 2 aromatic rings. The molecule has 0 atom stereocenters. The van der Waals surface area contributed by atoms with E-state index in [0.717, 1.165) is 17.4 Å². The van der Waals surface area contributed by atoms with Crippen LogP contribution >= 0.6 is 11.6 Å². The Bertz CT molecular complexity index is 631. The maximum absolute atomic E-state index is 12.9. The first-order valence-corrected chi connectivity index (χ1v) is 6.34. The summed E-state index contributed by atoms with van der Waals surface area (Å²) in [5.74, 6) is -0.103. The van der Waals surface area contributed by atoms with Crippen LogP contribution in [0.2, 0.25) is 5.02 Å². The topological polar surface area (TPSA) is 38.3 Å². The van der Waals surface area contributed by atoms with Crippen molar-refractivity contribution >= 4 is 17.5 Å². The van der Waals surface area contributed by atoms with E-state index in [1.54, 1.807) is 7.11 Å². The first-order chi connectivity index (χ1) is 9.60. The molecule has 3 nitrogen and oxygen atoms in total. The Labute approximate surface area is 121 Å². The molecule has 104 valence electrons. The second-order valence-electron chi connectivity index (χ2n) is 4.16. The van der Waals surface area contributed by atoms with Gasteiger partial charge in [0.1, 0.15) is 11.6 Å². The number of rotatable bonds is 4. The lowest BCUT2D eigenvalue weighted by atomic mass is 10.2. The zero-order valence-corrected chi connectivity index (χ0v) is 11.6. The number of halogens is 2. The summed E-state index contributed by atoms with van der Waals surface area (Å²) in [6, 6.07) is 11.0. The van der Waals surface area contributed by atoms with Crippen molar-refractivity contribution < 1.29 is 13.9 Å². The molecule has 0 radical (unpaired) electrons. The van der Waals surface area contributed by atoms with Crippen LogP contribution in [0.3, 0.4) is 0 Å². The Hall–Kier alpha value is -2.07. The summed E-state index contributed by atoms with van der Waals surface area (Å²) in [5, 5.41) is 2.82. The Morgan fingerprint density at radius 3 is 2.80 bits per heavy atom. The monoisotopic (exact) mass is 293 g/mol. The van der Waals surface area contributed by atoms with Crippen molar-refractivity contribution in [2.45, 2.75) is 6.54 Å². The highest BCUT2D eigenvalue weighted by Gasteiger charge is 2.10. The molecule has 5 heteroatoms. The SMILES string of the molecule is COc1cccc(CNC(=O)c2ccc(F)cc2Cl)c1. The molecular weight excluding hydrogens is 281 g/mol. The molecule has 0 aromatic heterocycles. The number of amides is 1. The number of carbonyl (C=O) groups excluding carboxylic acids is 1. The summed E-state index contributed by atoms with van der Waals surface area (Å²) < 4.78 is 18.0. The van der Waals surface area contributed by atoms with Crippen molar-refractivity contribution in [3.8, 4) is 5.75 Å². The van der Waals surface area contributed by atoms with E-state index in [9.17, 15) is 9.18 Å². The Balaban J connectivity index is 2.04. The molecule has 0 fully saturated rings. The smallest absolute Gasteiger partial charge is 0.253 e. The average Bonchev–Trinajstić information content (AvgIpc) is 2.45. The van der Waals surface area contributed by atoms with Gasteiger partial charge in [0.15, 0.2) is 0 Å². The molecule has 0 aliphatic rings. The number of ether oxygens (including phenoxy) is 1. The Kier molecular flexibility index (Phi) is 4.58. The third kappa shape index (κ3) is 3.48. The number of nitrogens with one attached hydrogen (secondary N) is 1. The predicted octanol–water partition coefficient (Wildman–Crippen LogP) is 3.42. The van der Waals surface area contributed by atoms with Gasteiger partial charge in [0.2, 0.25) is 0 Å². The van der Waals surface area contributed by atoms with Crippen molar-refractivity contribution in [1.29, 1.82) is 0 Å². The molecule has 1 amide bonds. The highest BCUT2D eigenvalue weighted by molar-refractivity contribution is 6.33. The molecule has 0 aliphatic heterocycles. The Morgan fingerprint density at radius 1 is 1.30 bits per heavy atom. The summed E-state index contributed by atoms with van der Waals surface area (Å²) in [6.45, 7) is 0.337. The molecule has 0 bridgehead atoms. The highest BCUT2D eigenvalue weighted by Crippen LogP contribution is 2.17. The molecule has 0 aliphatic carbocycles. The molecular formula is C15H13ClFNO2. The van der Waals surface area contributed by atoms with E-state index in [-0.39, 0.29) is 16.5 Å². The third-order valence-corrected chi connectivity index (χ3v) is 3.08. The summed E-state index contributed by atoms with van der Waals surface area (Å²) in [7, 11) is 1.58. The maximum Gasteiger partial charge on any atom is 0.253 e. The van der Waals surface area contributed by atoms with E-state index in [1.165, 1.54) is 12.1 Å². The van der Waals surface area contributed by atoms with Crippen LogP contribution in [0.1, 0.15) is 15.9 Å². The summed E-state index contributed by atoms with van der Waals surface area (Å²) in [5.41, 5.74) is 1.15. The number of methoxy groups -OCH3 is 1. The Morgan fingerprint density at radius 2 is 2.10 bits per heavy atom. The van der Waals surface area contributed by atoms with Crippen molar-refractivity contribution in [3.63, 3.8) is 0 Å². The number of hydrogen-bond acceptors (Lipinski definition) is 2. The average molecular weight is 294 g/mol. The number of benzene rings is 2. The van der Waals surface area contributed by atoms with Crippen LogP contribution in [0.4, 0.5) is 4.39 Å². The van der Waals surface area contributed by atoms with Crippen LogP contribution in [0, 0.1) is 5.82 Å². The van der Waals surface area contributed by atoms with Crippen LogP contribution < -0.4 is 10.1 Å². The minimum atomic E-state index is -0.473. The first kappa shape index (κ1) is 14.3. The van der Waals surface area contributed by atoms with E-state index >= 15 is 0 Å². The molecule has 0 saturated heterocycles. The zero-order chi connectivity index (χ0) is 14.5. The van der Waals surface area contributed by atoms with Gasteiger partial charge in [-0.25, -0.2) is 4.39 Å². The molecule has 1 N–H and O–H groups in total. The summed E-state index contributed by atoms with van der Waals surface area (Å²) in [4.78, 5) is 12.0. The van der Waals surface area contributed by atoms with Gasteiger partial charge in [-0.3, -0.25) is 4.79 Å². The van der Waals surface area contributed by atoms with Gasteiger partial charge >= 0.3 is 0 Å². The van der Waals surface area contributed by atoms with Gasteiger partial charge in [-0.2, -0.15) is 0 Å². The summed E-state index contributed by atoms with van der Waals surface area (Å²) in [6.07, 6.45) is 0. The second-order valence-corrected chi connectivity index (χ2v) is 4.57. The minimum absolute atomic E-state index is 0.0909. The number of hydrogen-bond donors (Lipinski definition) is 1. The summed E-state index contributed by atoms with van der Waals surface area (Å²) >= 11 is 5.83. The molecule has 0 saturated carbocycles. The van der Waals surface area contributed by atoms with E-state index in [2.05, 4.69) is 5.32 Å². The van der Waals surface area contributed by atoms with Crippen molar-refractivity contribution in [2.24, 2.45) is 0 Å². The fourth-order valence-electron chi connectivity index (χ4n) is 1.73. The van der Waals surface area contributed by atoms with Crippen molar-refractivity contribution in [2.75, 3.05) is 7.11 Å². The van der Waals surface area contributed by atoms with Crippen LogP contribution in [0.5, 0.6) is 5.75 Å². The largest absolute Gasteiger partial charge is 0.497 e. The molecule has 20 heavy (non-hydrogen) atoms.